The third-order valence-electron chi connectivity index (χ3n) is 4.71. The van der Waals surface area contributed by atoms with Gasteiger partial charge in [0.2, 0.25) is 17.0 Å². The number of esters is 1. The molecule has 0 spiro atoms. The van der Waals surface area contributed by atoms with Crippen LogP contribution in [-0.2, 0) is 22.4 Å². The van der Waals surface area contributed by atoms with Gasteiger partial charge in [-0.1, -0.05) is 35.5 Å². The number of amides is 1. The maximum absolute atomic E-state index is 12.5. The van der Waals surface area contributed by atoms with Crippen molar-refractivity contribution in [2.24, 2.45) is 5.10 Å². The zero-order valence-electron chi connectivity index (χ0n) is 17.7. The number of H-pyrrole nitrogens is 1. The van der Waals surface area contributed by atoms with E-state index < -0.39 is 0 Å². The maximum Gasteiger partial charge on any atom is 0.341 e. The van der Waals surface area contributed by atoms with Gasteiger partial charge in [-0.2, -0.15) is 10.1 Å². The van der Waals surface area contributed by atoms with Gasteiger partial charge in [0.25, 0.3) is 0 Å². The minimum Gasteiger partial charge on any atom is -0.462 e. The van der Waals surface area contributed by atoms with Crippen LogP contribution in [-0.4, -0.2) is 45.6 Å². The number of ether oxygens (including phenoxy) is 1. The second-order valence-corrected chi connectivity index (χ2v) is 9.49. The van der Waals surface area contributed by atoms with E-state index in [2.05, 4.69) is 31.0 Å². The molecule has 1 aliphatic carbocycles. The van der Waals surface area contributed by atoms with Crippen LogP contribution in [0.25, 0.3) is 0 Å². The normalized spacial score (nSPS) is 12.7. The van der Waals surface area contributed by atoms with Gasteiger partial charge in [0.1, 0.15) is 5.00 Å². The summed E-state index contributed by atoms with van der Waals surface area (Å²) in [4.78, 5) is 30.3. The van der Waals surface area contributed by atoms with Crippen LogP contribution in [0, 0.1) is 0 Å². The van der Waals surface area contributed by atoms with Crippen LogP contribution in [0.4, 0.5) is 10.9 Å². The highest BCUT2D eigenvalue weighted by molar-refractivity contribution is 7.99. The topological polar surface area (TPSA) is 121 Å². The molecule has 0 saturated heterocycles. The fraction of sp³-hybridized carbons (Fsp3) is 0.286. The summed E-state index contributed by atoms with van der Waals surface area (Å²) in [5.41, 5.74) is 5.13. The summed E-state index contributed by atoms with van der Waals surface area (Å²) in [6.45, 7) is 2.06. The van der Waals surface area contributed by atoms with E-state index in [0.717, 1.165) is 35.3 Å². The Morgan fingerprint density at radius 3 is 2.94 bits per heavy atom. The highest BCUT2D eigenvalue weighted by atomic mass is 35.5. The third-order valence-corrected chi connectivity index (χ3v) is 7.01. The largest absolute Gasteiger partial charge is 0.462 e. The number of nitrogens with zero attached hydrogens (tertiary/aromatic N) is 3. The predicted octanol–water partition coefficient (Wildman–Crippen LogP) is 4.36. The first-order valence-electron chi connectivity index (χ1n) is 10.2. The Kier molecular flexibility index (Phi) is 7.63. The summed E-state index contributed by atoms with van der Waals surface area (Å²) in [5, 5.41) is 15.3. The van der Waals surface area contributed by atoms with E-state index >= 15 is 0 Å². The first-order chi connectivity index (χ1) is 16.0. The van der Waals surface area contributed by atoms with Crippen molar-refractivity contribution in [3.63, 3.8) is 0 Å². The number of thiophene rings is 1. The van der Waals surface area contributed by atoms with Crippen molar-refractivity contribution in [1.82, 2.24) is 15.2 Å². The summed E-state index contributed by atoms with van der Waals surface area (Å²) < 4.78 is 5.19. The van der Waals surface area contributed by atoms with E-state index in [1.807, 2.05) is 12.1 Å². The van der Waals surface area contributed by atoms with E-state index in [0.29, 0.717) is 26.7 Å². The van der Waals surface area contributed by atoms with E-state index in [1.54, 1.807) is 25.3 Å². The van der Waals surface area contributed by atoms with Gasteiger partial charge in [-0.05, 0) is 49.4 Å². The van der Waals surface area contributed by atoms with Crippen LogP contribution < -0.4 is 10.7 Å². The quantitative estimate of drug-likeness (QED) is 0.171. The molecular weight excluding hydrogens is 484 g/mol. The van der Waals surface area contributed by atoms with Crippen LogP contribution in [0.5, 0.6) is 0 Å². The van der Waals surface area contributed by atoms with Crippen molar-refractivity contribution < 1.29 is 14.3 Å². The number of hydrazone groups is 1. The van der Waals surface area contributed by atoms with Gasteiger partial charge in [0.15, 0.2) is 0 Å². The fourth-order valence-electron chi connectivity index (χ4n) is 3.28. The number of halogens is 1. The Morgan fingerprint density at radius 2 is 2.15 bits per heavy atom. The highest BCUT2D eigenvalue weighted by Crippen LogP contribution is 2.39. The molecule has 12 heteroatoms. The number of fused-ring (bicyclic) bond motifs is 1. The number of rotatable bonds is 9. The molecule has 9 nitrogen and oxygen atoms in total. The molecule has 1 aromatic carbocycles. The molecule has 2 aromatic heterocycles. The molecule has 0 radical (unpaired) electrons. The van der Waals surface area contributed by atoms with E-state index in [9.17, 15) is 9.59 Å². The zero-order valence-corrected chi connectivity index (χ0v) is 20.1. The monoisotopic (exact) mass is 504 g/mol. The highest BCUT2D eigenvalue weighted by Gasteiger charge is 2.28. The predicted molar refractivity (Wildman–Crippen MR) is 131 cm³/mol. The molecule has 4 rings (SSSR count). The lowest BCUT2D eigenvalue weighted by atomic mass is 10.1. The first kappa shape index (κ1) is 23.3. The summed E-state index contributed by atoms with van der Waals surface area (Å²) in [6, 6.07) is 7.22. The van der Waals surface area contributed by atoms with Gasteiger partial charge in [-0.25, -0.2) is 15.3 Å². The molecule has 0 bridgehead atoms. The standard InChI is InChI=1S/C21H21ClN6O3S2/c1-2-31-19(30)17-14-4-3-5-15(14)33-18(17)24-16(29)11-32-21-25-20(27-28-21)26-23-10-12-6-8-13(22)9-7-12/h6-10H,2-5,11H2,1H3,(H,24,29)(H2,25,26,27,28)/b23-10-. The van der Waals surface area contributed by atoms with Crippen molar-refractivity contribution in [1.29, 1.82) is 0 Å². The first-order valence-corrected chi connectivity index (χ1v) is 12.4. The molecule has 172 valence electrons. The van der Waals surface area contributed by atoms with Gasteiger partial charge in [0, 0.05) is 9.90 Å². The summed E-state index contributed by atoms with van der Waals surface area (Å²) in [6.07, 6.45) is 4.39. The van der Waals surface area contributed by atoms with Gasteiger partial charge in [0.05, 0.1) is 24.1 Å². The van der Waals surface area contributed by atoms with Crippen LogP contribution in [0.1, 0.15) is 39.7 Å². The van der Waals surface area contributed by atoms with E-state index in [-0.39, 0.29) is 24.2 Å². The SMILES string of the molecule is CCOC(=O)c1c(NC(=O)CSc2n[nH]c(N/N=C\c3ccc(Cl)cc3)n2)sc2c1CCC2. The average molecular weight is 505 g/mol. The number of nitrogens with one attached hydrogen (secondary N) is 3. The smallest absolute Gasteiger partial charge is 0.341 e. The van der Waals surface area contributed by atoms with Gasteiger partial charge in [-0.3, -0.25) is 4.79 Å². The van der Waals surface area contributed by atoms with Crippen molar-refractivity contribution in [2.75, 3.05) is 23.1 Å². The second-order valence-electron chi connectivity index (χ2n) is 7.01. The number of benzene rings is 1. The Balaban J connectivity index is 1.31. The van der Waals surface area contributed by atoms with Gasteiger partial charge >= 0.3 is 5.97 Å². The number of carbonyl (C=O) groups excluding carboxylic acids is 2. The van der Waals surface area contributed by atoms with Crippen LogP contribution in [0.15, 0.2) is 34.5 Å². The zero-order chi connectivity index (χ0) is 23.2. The minimum atomic E-state index is -0.385. The number of hydrogen-bond donors (Lipinski definition) is 3. The van der Waals surface area contributed by atoms with Crippen molar-refractivity contribution in [3.8, 4) is 0 Å². The molecule has 0 saturated carbocycles. The Hall–Kier alpha value is -2.89. The number of aromatic nitrogens is 3. The molecule has 2 heterocycles. The second kappa shape index (κ2) is 10.8. The molecule has 0 unspecified atom stereocenters. The molecular formula is C21H21ClN6O3S2. The number of aryl methyl sites for hydroxylation is 1. The third kappa shape index (κ3) is 5.92. The van der Waals surface area contributed by atoms with Crippen molar-refractivity contribution >= 4 is 63.7 Å². The maximum atomic E-state index is 12.5. The molecule has 3 N–H and O–H groups in total. The van der Waals surface area contributed by atoms with Gasteiger partial charge in [-0.15, -0.1) is 16.4 Å². The van der Waals surface area contributed by atoms with E-state index in [4.69, 9.17) is 16.3 Å². The Bertz CT molecular complexity index is 1180. The number of carbonyl (C=O) groups is 2. The molecule has 1 aliphatic rings. The minimum absolute atomic E-state index is 0.0934. The Morgan fingerprint density at radius 1 is 1.33 bits per heavy atom. The van der Waals surface area contributed by atoms with Crippen LogP contribution in [0.3, 0.4) is 0 Å². The van der Waals surface area contributed by atoms with Crippen molar-refractivity contribution in [3.05, 3.63) is 50.9 Å². The number of hydrogen-bond acceptors (Lipinski definition) is 9. The lowest BCUT2D eigenvalue weighted by Crippen LogP contribution is -2.16. The molecule has 0 fully saturated rings. The number of anilines is 2. The lowest BCUT2D eigenvalue weighted by molar-refractivity contribution is -0.113. The summed E-state index contributed by atoms with van der Waals surface area (Å²) in [7, 11) is 0. The van der Waals surface area contributed by atoms with Gasteiger partial charge < -0.3 is 10.1 Å². The van der Waals surface area contributed by atoms with E-state index in [1.165, 1.54) is 23.1 Å². The van der Waals surface area contributed by atoms with Crippen LogP contribution >= 0.6 is 34.7 Å². The Labute approximate surface area is 203 Å². The molecule has 33 heavy (non-hydrogen) atoms. The van der Waals surface area contributed by atoms with Crippen molar-refractivity contribution in [2.45, 2.75) is 31.3 Å². The summed E-state index contributed by atoms with van der Waals surface area (Å²) >= 11 is 8.48. The number of thioether (sulfide) groups is 1. The fourth-order valence-corrected chi connectivity index (χ4v) is 5.30. The summed E-state index contributed by atoms with van der Waals surface area (Å²) in [5.74, 6) is -0.187. The average Bonchev–Trinajstić information content (AvgIpc) is 3.50. The molecule has 3 aromatic rings. The molecule has 0 atom stereocenters. The number of aromatic amines is 1. The lowest BCUT2D eigenvalue weighted by Gasteiger charge is -2.07. The molecule has 1 amide bonds. The van der Waals surface area contributed by atoms with Crippen LogP contribution in [0.2, 0.25) is 5.02 Å². The molecule has 0 aliphatic heterocycles.